The minimum absolute atomic E-state index is 0.941. The first-order valence-electron chi connectivity index (χ1n) is 1.72. The topological polar surface area (TPSA) is 32.3 Å². The van der Waals surface area contributed by atoms with Crippen molar-refractivity contribution in [2.75, 3.05) is 0 Å². The van der Waals surface area contributed by atoms with Gasteiger partial charge in [-0.05, 0) is 4.08 Å². The summed E-state index contributed by atoms with van der Waals surface area (Å²) < 4.78 is 1.80. The lowest BCUT2D eigenvalue weighted by molar-refractivity contribution is 0.470. The second-order valence-electron chi connectivity index (χ2n) is 0.775. The van der Waals surface area contributed by atoms with Gasteiger partial charge in [0.15, 0.2) is 0 Å². The van der Waals surface area contributed by atoms with Crippen LogP contribution in [0.5, 0.6) is 0 Å². The molecule has 0 bridgehead atoms. The average Bonchev–Trinajstić information content (AvgIpc) is 1.69. The molecule has 0 aliphatic carbocycles. The Labute approximate surface area is 56.1 Å². The summed E-state index contributed by atoms with van der Waals surface area (Å²) in [5.74, 6) is 0. The molecule has 0 aromatic carbocycles. The van der Waals surface area contributed by atoms with Crippen LogP contribution >= 0.6 is 22.6 Å². The Balaban J connectivity index is 2.98. The monoisotopic (exact) mass is 211 g/mol. The normalized spacial score (nSPS) is 11.0. The summed E-state index contributed by atoms with van der Waals surface area (Å²) in [5, 5.41) is 10.7. The van der Waals surface area contributed by atoms with Gasteiger partial charge in [-0.25, -0.2) is 0 Å². The first kappa shape index (κ1) is 6.81. The van der Waals surface area contributed by atoms with E-state index in [4.69, 9.17) is 5.11 Å². The molecule has 2 N–H and O–H groups in total. The zero-order valence-corrected chi connectivity index (χ0v) is 5.79. The van der Waals surface area contributed by atoms with Crippen molar-refractivity contribution in [2.45, 2.75) is 0 Å². The Morgan fingerprint density at radius 1 is 1.43 bits per heavy atom. The van der Waals surface area contributed by atoms with E-state index in [0.29, 0.717) is 0 Å². The molecular weight excluding hydrogens is 205 g/mol. The molecule has 0 spiro atoms. The first-order chi connectivity index (χ1) is 3.41. The molecule has 0 fully saturated rings. The van der Waals surface area contributed by atoms with E-state index in [9.17, 15) is 0 Å². The van der Waals surface area contributed by atoms with Gasteiger partial charge in [-0.3, -0.25) is 0 Å². The second-order valence-corrected chi connectivity index (χ2v) is 1.49. The summed E-state index contributed by atoms with van der Waals surface area (Å²) in [6.45, 7) is 0. The van der Waals surface area contributed by atoms with Crippen LogP contribution in [0.2, 0.25) is 0 Å². The van der Waals surface area contributed by atoms with Crippen molar-refractivity contribution >= 4 is 22.6 Å². The Morgan fingerprint density at radius 2 is 2.14 bits per heavy atom. The molecule has 7 heavy (non-hydrogen) atoms. The maximum atomic E-state index is 8.01. The van der Waals surface area contributed by atoms with E-state index in [-0.39, 0.29) is 0 Å². The molecule has 0 heterocycles. The van der Waals surface area contributed by atoms with E-state index in [2.05, 4.69) is 27.9 Å². The minimum atomic E-state index is 0.941. The van der Waals surface area contributed by atoms with Crippen molar-refractivity contribution < 1.29 is 5.11 Å². The number of hydrogen-bond donors (Lipinski definition) is 2. The minimum Gasteiger partial charge on any atom is -0.514 e. The largest absolute Gasteiger partial charge is 0.514 e. The van der Waals surface area contributed by atoms with Gasteiger partial charge in [-0.2, -0.15) is 0 Å². The molecular formula is C4H6INO. The summed E-state index contributed by atoms with van der Waals surface area (Å²) in [6, 6.07) is 0. The number of halogens is 1. The number of aliphatic hydroxyl groups is 1. The maximum Gasteiger partial charge on any atom is 0.0951 e. The third kappa shape index (κ3) is 5.81. The number of nitrogens with one attached hydrogen (secondary N) is 1. The van der Waals surface area contributed by atoms with Gasteiger partial charge in [-0.1, -0.05) is 22.6 Å². The molecule has 0 aliphatic rings. The highest BCUT2D eigenvalue weighted by atomic mass is 127. The van der Waals surface area contributed by atoms with Gasteiger partial charge in [0.1, 0.15) is 0 Å². The second kappa shape index (κ2) is 5.81. The van der Waals surface area contributed by atoms with Crippen molar-refractivity contribution in [1.82, 2.24) is 5.32 Å². The summed E-state index contributed by atoms with van der Waals surface area (Å²) in [6.07, 6.45) is 4.07. The number of rotatable bonds is 2. The van der Waals surface area contributed by atoms with Gasteiger partial charge >= 0.3 is 0 Å². The van der Waals surface area contributed by atoms with E-state index in [0.717, 1.165) is 6.26 Å². The molecule has 0 atom stereocenters. The lowest BCUT2D eigenvalue weighted by Gasteiger charge is -1.80. The Kier molecular flexibility index (Phi) is 5.65. The van der Waals surface area contributed by atoms with Gasteiger partial charge in [0.05, 0.1) is 6.26 Å². The van der Waals surface area contributed by atoms with Crippen LogP contribution in [0.15, 0.2) is 22.7 Å². The highest BCUT2D eigenvalue weighted by Gasteiger charge is 1.57. The summed E-state index contributed by atoms with van der Waals surface area (Å²) >= 11 is 2.07. The molecule has 0 aliphatic heterocycles. The first-order valence-corrected chi connectivity index (χ1v) is 2.97. The van der Waals surface area contributed by atoms with Gasteiger partial charge < -0.3 is 10.4 Å². The maximum absolute atomic E-state index is 8.01. The molecule has 0 unspecified atom stereocenters. The summed E-state index contributed by atoms with van der Waals surface area (Å²) in [4.78, 5) is 0. The fraction of sp³-hybridized carbons (Fsp3) is 0. The van der Waals surface area contributed by atoms with E-state index < -0.39 is 0 Å². The van der Waals surface area contributed by atoms with Crippen molar-refractivity contribution in [3.63, 3.8) is 0 Å². The van der Waals surface area contributed by atoms with Gasteiger partial charge in [0.2, 0.25) is 0 Å². The highest BCUT2D eigenvalue weighted by Crippen LogP contribution is 1.78. The van der Waals surface area contributed by atoms with Crippen LogP contribution in [-0.4, -0.2) is 5.11 Å². The fourth-order valence-electron chi connectivity index (χ4n) is 0.135. The van der Waals surface area contributed by atoms with Crippen LogP contribution in [-0.2, 0) is 0 Å². The van der Waals surface area contributed by atoms with Crippen LogP contribution in [0.4, 0.5) is 0 Å². The Hall–Kier alpha value is -0.190. The Morgan fingerprint density at radius 3 is 2.57 bits per heavy atom. The molecule has 2 nitrogen and oxygen atoms in total. The predicted octanol–water partition coefficient (Wildman–Crippen LogP) is 1.51. The lowest BCUT2D eigenvalue weighted by Crippen LogP contribution is -1.88. The quantitative estimate of drug-likeness (QED) is 0.536. The molecule has 0 rings (SSSR count). The molecule has 40 valence electrons. The Bertz CT molecular complexity index is 69.8. The predicted molar refractivity (Wildman–Crippen MR) is 38.1 cm³/mol. The third-order valence-corrected chi connectivity index (χ3v) is 0.690. The molecule has 3 heteroatoms. The van der Waals surface area contributed by atoms with Crippen LogP contribution in [0.25, 0.3) is 0 Å². The fourth-order valence-corrected chi connectivity index (χ4v) is 0.343. The zero-order chi connectivity index (χ0) is 5.54. The van der Waals surface area contributed by atoms with Crippen molar-refractivity contribution in [3.05, 3.63) is 22.7 Å². The van der Waals surface area contributed by atoms with E-state index in [1.807, 2.05) is 0 Å². The van der Waals surface area contributed by atoms with Crippen LogP contribution < -0.4 is 5.32 Å². The summed E-state index contributed by atoms with van der Waals surface area (Å²) in [7, 11) is 0. The lowest BCUT2D eigenvalue weighted by atomic mass is 10.9. The van der Waals surface area contributed by atoms with E-state index in [1.165, 1.54) is 6.20 Å². The van der Waals surface area contributed by atoms with Crippen molar-refractivity contribution in [3.8, 4) is 0 Å². The molecule has 0 aromatic heterocycles. The van der Waals surface area contributed by atoms with Crippen molar-refractivity contribution in [1.29, 1.82) is 0 Å². The van der Waals surface area contributed by atoms with Crippen LogP contribution in [0.1, 0.15) is 0 Å². The standard InChI is InChI=1S/C4H6INO/c5-1-2-6-3-4-7/h1-4,6-7H/b2-1-,4-3-. The number of hydrogen-bond acceptors (Lipinski definition) is 2. The van der Waals surface area contributed by atoms with Gasteiger partial charge in [-0.15, -0.1) is 0 Å². The summed E-state index contributed by atoms with van der Waals surface area (Å²) in [5.41, 5.74) is 0. The highest BCUT2D eigenvalue weighted by molar-refractivity contribution is 14.1. The SMILES string of the molecule is O/C=C\N/C=C\I. The van der Waals surface area contributed by atoms with Crippen molar-refractivity contribution in [2.24, 2.45) is 0 Å². The molecule has 0 saturated carbocycles. The molecule has 0 aromatic rings. The third-order valence-electron chi connectivity index (χ3n) is 0.330. The molecule has 0 amide bonds. The van der Waals surface area contributed by atoms with Crippen LogP contribution in [0, 0.1) is 0 Å². The van der Waals surface area contributed by atoms with Gasteiger partial charge in [0, 0.05) is 12.4 Å². The number of aliphatic hydroxyl groups excluding tert-OH is 1. The zero-order valence-electron chi connectivity index (χ0n) is 3.63. The smallest absolute Gasteiger partial charge is 0.0951 e. The molecule has 0 radical (unpaired) electrons. The van der Waals surface area contributed by atoms with E-state index in [1.54, 1.807) is 10.3 Å². The molecule has 0 saturated heterocycles. The van der Waals surface area contributed by atoms with Crippen LogP contribution in [0.3, 0.4) is 0 Å². The van der Waals surface area contributed by atoms with E-state index >= 15 is 0 Å². The van der Waals surface area contributed by atoms with Gasteiger partial charge in [0.25, 0.3) is 0 Å². The average molecular weight is 211 g/mol.